The van der Waals surface area contributed by atoms with E-state index in [2.05, 4.69) is 46.7 Å². The summed E-state index contributed by atoms with van der Waals surface area (Å²) < 4.78 is 1.10. The zero-order valence-electron chi connectivity index (χ0n) is 10.9. The molecular formula is C14H17N3S2. The van der Waals surface area contributed by atoms with Gasteiger partial charge in [-0.05, 0) is 32.9 Å². The van der Waals surface area contributed by atoms with Gasteiger partial charge in [-0.25, -0.2) is 0 Å². The van der Waals surface area contributed by atoms with Crippen molar-refractivity contribution in [3.05, 3.63) is 29.8 Å². The van der Waals surface area contributed by atoms with Crippen LogP contribution in [0.2, 0.25) is 0 Å². The molecule has 0 aliphatic carbocycles. The molecule has 0 saturated carbocycles. The van der Waals surface area contributed by atoms with Crippen LogP contribution in [0.25, 0.3) is 10.6 Å². The van der Waals surface area contributed by atoms with Crippen molar-refractivity contribution >= 4 is 23.1 Å². The Morgan fingerprint density at radius 2 is 1.89 bits per heavy atom. The molecule has 19 heavy (non-hydrogen) atoms. The van der Waals surface area contributed by atoms with E-state index in [1.165, 1.54) is 24.0 Å². The topological polar surface area (TPSA) is 37.8 Å². The normalized spacial score (nSPS) is 16.7. The van der Waals surface area contributed by atoms with Crippen LogP contribution in [-0.2, 0) is 0 Å². The molecule has 1 saturated heterocycles. The predicted molar refractivity (Wildman–Crippen MR) is 81.8 cm³/mol. The SMILES string of the molecule is Cc1ccc(-c2nnc(SC3CCNCC3)s2)cc1. The van der Waals surface area contributed by atoms with Crippen molar-refractivity contribution < 1.29 is 0 Å². The highest BCUT2D eigenvalue weighted by Gasteiger charge is 2.17. The van der Waals surface area contributed by atoms with E-state index in [1.54, 1.807) is 11.3 Å². The second-order valence-corrected chi connectivity index (χ2v) is 7.33. The monoisotopic (exact) mass is 291 g/mol. The van der Waals surface area contributed by atoms with Crippen molar-refractivity contribution in [2.75, 3.05) is 13.1 Å². The quantitative estimate of drug-likeness (QED) is 0.941. The summed E-state index contributed by atoms with van der Waals surface area (Å²) in [6.07, 6.45) is 2.45. The van der Waals surface area contributed by atoms with E-state index < -0.39 is 0 Å². The van der Waals surface area contributed by atoms with Gasteiger partial charge in [0.15, 0.2) is 4.34 Å². The molecule has 3 rings (SSSR count). The number of aryl methyl sites for hydroxylation is 1. The fourth-order valence-corrected chi connectivity index (χ4v) is 4.39. The molecule has 3 nitrogen and oxygen atoms in total. The van der Waals surface area contributed by atoms with Crippen molar-refractivity contribution in [2.45, 2.75) is 29.4 Å². The van der Waals surface area contributed by atoms with Gasteiger partial charge in [0.2, 0.25) is 0 Å². The lowest BCUT2D eigenvalue weighted by atomic mass is 10.2. The lowest BCUT2D eigenvalue weighted by Crippen LogP contribution is -2.29. The van der Waals surface area contributed by atoms with Gasteiger partial charge in [-0.2, -0.15) is 0 Å². The zero-order chi connectivity index (χ0) is 13.1. The zero-order valence-corrected chi connectivity index (χ0v) is 12.6. The molecule has 0 atom stereocenters. The summed E-state index contributed by atoms with van der Waals surface area (Å²) in [4.78, 5) is 0. The number of benzene rings is 1. The van der Waals surface area contributed by atoms with Crippen LogP contribution in [0.15, 0.2) is 28.6 Å². The fraction of sp³-hybridized carbons (Fsp3) is 0.429. The maximum absolute atomic E-state index is 4.32. The van der Waals surface area contributed by atoms with Crippen LogP contribution in [0.4, 0.5) is 0 Å². The number of hydrogen-bond acceptors (Lipinski definition) is 5. The van der Waals surface area contributed by atoms with E-state index in [1.807, 2.05) is 11.8 Å². The summed E-state index contributed by atoms with van der Waals surface area (Å²) in [5.41, 5.74) is 2.44. The van der Waals surface area contributed by atoms with Crippen molar-refractivity contribution in [2.24, 2.45) is 0 Å². The third kappa shape index (κ3) is 3.35. The Hall–Kier alpha value is -0.910. The molecule has 0 spiro atoms. The molecule has 2 heterocycles. The van der Waals surface area contributed by atoms with Crippen molar-refractivity contribution in [1.82, 2.24) is 15.5 Å². The molecule has 5 heteroatoms. The number of rotatable bonds is 3. The highest BCUT2D eigenvalue weighted by molar-refractivity contribution is 8.01. The van der Waals surface area contributed by atoms with Crippen LogP contribution in [0.5, 0.6) is 0 Å². The predicted octanol–water partition coefficient (Wildman–Crippen LogP) is 3.36. The molecule has 1 fully saturated rings. The third-order valence-electron chi connectivity index (χ3n) is 3.26. The van der Waals surface area contributed by atoms with Crippen molar-refractivity contribution in [3.63, 3.8) is 0 Å². The number of nitrogens with zero attached hydrogens (tertiary/aromatic N) is 2. The average Bonchev–Trinajstić information content (AvgIpc) is 2.89. The summed E-state index contributed by atoms with van der Waals surface area (Å²) in [5.74, 6) is 0. The van der Waals surface area contributed by atoms with Crippen LogP contribution < -0.4 is 5.32 Å². The standard InChI is InChI=1S/C14H17N3S2/c1-10-2-4-11(5-3-10)13-16-17-14(19-13)18-12-6-8-15-9-7-12/h2-5,12,15H,6-9H2,1H3. The molecule has 1 aromatic heterocycles. The van der Waals surface area contributed by atoms with E-state index in [0.29, 0.717) is 5.25 Å². The fourth-order valence-electron chi connectivity index (χ4n) is 2.13. The Bertz CT molecular complexity index is 530. The Kier molecular flexibility index (Phi) is 4.15. The Morgan fingerprint density at radius 3 is 2.63 bits per heavy atom. The number of aromatic nitrogens is 2. The van der Waals surface area contributed by atoms with E-state index in [0.717, 1.165) is 22.4 Å². The molecule has 0 bridgehead atoms. The highest BCUT2D eigenvalue weighted by Crippen LogP contribution is 2.34. The minimum absolute atomic E-state index is 0.695. The van der Waals surface area contributed by atoms with Crippen LogP contribution in [-0.4, -0.2) is 28.5 Å². The summed E-state index contributed by atoms with van der Waals surface area (Å²) in [6.45, 7) is 4.35. The molecular weight excluding hydrogens is 274 g/mol. The smallest absolute Gasteiger partial charge is 0.174 e. The van der Waals surface area contributed by atoms with Crippen LogP contribution >= 0.6 is 23.1 Å². The number of nitrogens with one attached hydrogen (secondary N) is 1. The molecule has 0 amide bonds. The van der Waals surface area contributed by atoms with Crippen LogP contribution in [0.3, 0.4) is 0 Å². The first kappa shape index (κ1) is 13.1. The van der Waals surface area contributed by atoms with Gasteiger partial charge in [-0.1, -0.05) is 52.9 Å². The molecule has 1 aromatic carbocycles. The molecule has 1 N–H and O–H groups in total. The van der Waals surface area contributed by atoms with Crippen LogP contribution in [0.1, 0.15) is 18.4 Å². The largest absolute Gasteiger partial charge is 0.317 e. The lowest BCUT2D eigenvalue weighted by molar-refractivity contribution is 0.531. The van der Waals surface area contributed by atoms with Crippen molar-refractivity contribution in [3.8, 4) is 10.6 Å². The first-order valence-corrected chi connectivity index (χ1v) is 8.29. The minimum Gasteiger partial charge on any atom is -0.317 e. The molecule has 100 valence electrons. The Labute approximate surface area is 121 Å². The maximum atomic E-state index is 4.32. The molecule has 0 unspecified atom stereocenters. The first-order valence-electron chi connectivity index (χ1n) is 6.59. The summed E-state index contributed by atoms with van der Waals surface area (Å²) >= 11 is 3.59. The Morgan fingerprint density at radius 1 is 1.16 bits per heavy atom. The molecule has 1 aliphatic rings. The number of hydrogen-bond donors (Lipinski definition) is 1. The van der Waals surface area contributed by atoms with Gasteiger partial charge >= 0.3 is 0 Å². The van der Waals surface area contributed by atoms with Gasteiger partial charge in [0.05, 0.1) is 0 Å². The average molecular weight is 291 g/mol. The van der Waals surface area contributed by atoms with E-state index in [4.69, 9.17) is 0 Å². The van der Waals surface area contributed by atoms with Crippen molar-refractivity contribution in [1.29, 1.82) is 0 Å². The van der Waals surface area contributed by atoms with Gasteiger partial charge in [0, 0.05) is 10.8 Å². The molecule has 1 aliphatic heterocycles. The minimum atomic E-state index is 0.695. The van der Waals surface area contributed by atoms with E-state index >= 15 is 0 Å². The summed E-state index contributed by atoms with van der Waals surface area (Å²) in [5, 5.41) is 13.7. The summed E-state index contributed by atoms with van der Waals surface area (Å²) in [6, 6.07) is 8.48. The maximum Gasteiger partial charge on any atom is 0.174 e. The van der Waals surface area contributed by atoms with E-state index in [9.17, 15) is 0 Å². The number of thioether (sulfide) groups is 1. The van der Waals surface area contributed by atoms with Crippen LogP contribution in [0, 0.1) is 6.92 Å². The van der Waals surface area contributed by atoms with Gasteiger partial charge in [0.1, 0.15) is 5.01 Å². The lowest BCUT2D eigenvalue weighted by Gasteiger charge is -2.20. The van der Waals surface area contributed by atoms with Gasteiger partial charge in [-0.3, -0.25) is 0 Å². The van der Waals surface area contributed by atoms with Gasteiger partial charge in [-0.15, -0.1) is 10.2 Å². The molecule has 0 radical (unpaired) electrons. The second-order valence-electron chi connectivity index (χ2n) is 4.81. The highest BCUT2D eigenvalue weighted by atomic mass is 32.2. The van der Waals surface area contributed by atoms with Gasteiger partial charge < -0.3 is 5.32 Å². The molecule has 2 aromatic rings. The third-order valence-corrected chi connectivity index (χ3v) is 5.65. The van der Waals surface area contributed by atoms with E-state index in [-0.39, 0.29) is 0 Å². The Balaban J connectivity index is 1.70. The van der Waals surface area contributed by atoms with Gasteiger partial charge in [0.25, 0.3) is 0 Å². The summed E-state index contributed by atoms with van der Waals surface area (Å²) in [7, 11) is 0. The number of piperidine rings is 1. The first-order chi connectivity index (χ1) is 9.31. The second kappa shape index (κ2) is 6.03.